The van der Waals surface area contributed by atoms with Crippen LogP contribution in [0.1, 0.15) is 53.4 Å². The molecule has 25 heavy (non-hydrogen) atoms. The lowest BCUT2D eigenvalue weighted by atomic mass is 9.69. The summed E-state index contributed by atoms with van der Waals surface area (Å²) in [7, 11) is 1.61. The molecule has 0 aromatic rings. The van der Waals surface area contributed by atoms with Crippen LogP contribution in [0, 0.1) is 23.2 Å². The molecule has 3 aliphatic carbocycles. The SMILES string of the molecule is COC[C@@]1(O)CCC2/C1=C\[C@@]1(C)CC(=O)C(C(C)C)=C1C[C@H](O)[C@@H]2C. The molecule has 1 saturated carbocycles. The molecular weight excluding hydrogens is 316 g/mol. The van der Waals surface area contributed by atoms with Gasteiger partial charge in [-0.25, -0.2) is 0 Å². The molecule has 3 aliphatic rings. The third kappa shape index (κ3) is 2.92. The topological polar surface area (TPSA) is 66.8 Å². The van der Waals surface area contributed by atoms with Gasteiger partial charge in [0.2, 0.25) is 0 Å². The summed E-state index contributed by atoms with van der Waals surface area (Å²) in [6.45, 7) is 8.52. The highest BCUT2D eigenvalue weighted by atomic mass is 16.5. The van der Waals surface area contributed by atoms with E-state index in [-0.39, 0.29) is 30.1 Å². The number of ketones is 1. The monoisotopic (exact) mass is 348 g/mol. The quantitative estimate of drug-likeness (QED) is 0.770. The van der Waals surface area contributed by atoms with Crippen molar-refractivity contribution >= 4 is 5.78 Å². The van der Waals surface area contributed by atoms with Crippen molar-refractivity contribution in [1.29, 1.82) is 0 Å². The van der Waals surface area contributed by atoms with Gasteiger partial charge >= 0.3 is 0 Å². The van der Waals surface area contributed by atoms with Crippen LogP contribution in [-0.4, -0.2) is 41.4 Å². The minimum atomic E-state index is -0.984. The molecule has 0 bridgehead atoms. The first-order chi connectivity index (χ1) is 11.6. The van der Waals surface area contributed by atoms with E-state index in [9.17, 15) is 15.0 Å². The third-order valence-electron chi connectivity index (χ3n) is 6.74. The van der Waals surface area contributed by atoms with E-state index < -0.39 is 17.1 Å². The summed E-state index contributed by atoms with van der Waals surface area (Å²) in [5.41, 5.74) is 1.54. The van der Waals surface area contributed by atoms with E-state index in [0.29, 0.717) is 19.3 Å². The largest absolute Gasteiger partial charge is 0.392 e. The van der Waals surface area contributed by atoms with Gasteiger partial charge in [0.15, 0.2) is 5.78 Å². The number of hydrogen-bond donors (Lipinski definition) is 2. The first-order valence-corrected chi connectivity index (χ1v) is 9.52. The first-order valence-electron chi connectivity index (χ1n) is 9.52. The van der Waals surface area contributed by atoms with E-state index in [1.165, 1.54) is 0 Å². The molecule has 0 aromatic carbocycles. The maximum absolute atomic E-state index is 12.7. The zero-order chi connectivity index (χ0) is 18.6. The van der Waals surface area contributed by atoms with Crippen LogP contribution in [0.25, 0.3) is 0 Å². The second-order valence-electron chi connectivity index (χ2n) is 8.90. The Bertz CT molecular complexity index is 632. The maximum Gasteiger partial charge on any atom is 0.160 e. The molecule has 3 rings (SSSR count). The lowest BCUT2D eigenvalue weighted by Gasteiger charge is -2.38. The van der Waals surface area contributed by atoms with Crippen LogP contribution in [0.3, 0.4) is 0 Å². The molecular formula is C21H32O4. The Kier molecular flexibility index (Phi) is 4.76. The van der Waals surface area contributed by atoms with Crippen LogP contribution in [0.5, 0.6) is 0 Å². The summed E-state index contributed by atoms with van der Waals surface area (Å²) < 4.78 is 5.30. The Hall–Kier alpha value is -0.970. The van der Waals surface area contributed by atoms with E-state index in [1.807, 2.05) is 13.8 Å². The maximum atomic E-state index is 12.7. The highest BCUT2D eigenvalue weighted by molar-refractivity contribution is 6.00. The zero-order valence-electron chi connectivity index (χ0n) is 16.1. The second-order valence-corrected chi connectivity index (χ2v) is 8.90. The van der Waals surface area contributed by atoms with Crippen molar-refractivity contribution in [2.24, 2.45) is 23.2 Å². The molecule has 1 fully saturated rings. The summed E-state index contributed by atoms with van der Waals surface area (Å²) >= 11 is 0. The van der Waals surface area contributed by atoms with Crippen LogP contribution in [-0.2, 0) is 9.53 Å². The highest BCUT2D eigenvalue weighted by Gasteiger charge is 2.51. The number of rotatable bonds is 3. The normalized spacial score (nSPS) is 43.6. The predicted octanol–water partition coefficient (Wildman–Crippen LogP) is 3.03. The molecule has 2 N–H and O–H groups in total. The second kappa shape index (κ2) is 6.33. The van der Waals surface area contributed by atoms with Crippen LogP contribution in [0.15, 0.2) is 22.8 Å². The zero-order valence-corrected chi connectivity index (χ0v) is 16.1. The van der Waals surface area contributed by atoms with Crippen molar-refractivity contribution in [2.75, 3.05) is 13.7 Å². The molecule has 4 heteroatoms. The summed E-state index contributed by atoms with van der Waals surface area (Å²) in [6, 6.07) is 0. The van der Waals surface area contributed by atoms with Gasteiger partial charge in [-0.2, -0.15) is 0 Å². The van der Waals surface area contributed by atoms with Crippen molar-refractivity contribution in [3.63, 3.8) is 0 Å². The van der Waals surface area contributed by atoms with Gasteiger partial charge in [0.1, 0.15) is 5.60 Å². The number of carbonyl (C=O) groups excluding carboxylic acids is 1. The molecule has 0 saturated heterocycles. The van der Waals surface area contributed by atoms with E-state index in [4.69, 9.17) is 4.74 Å². The van der Waals surface area contributed by atoms with Crippen LogP contribution >= 0.6 is 0 Å². The average Bonchev–Trinajstić information content (AvgIpc) is 2.93. The molecule has 0 radical (unpaired) electrons. The number of allylic oxidation sites excluding steroid dienone is 2. The fraction of sp³-hybridized carbons (Fsp3) is 0.762. The van der Waals surface area contributed by atoms with E-state index in [2.05, 4.69) is 19.9 Å². The minimum absolute atomic E-state index is 0.0540. The van der Waals surface area contributed by atoms with Crippen LogP contribution in [0.4, 0.5) is 0 Å². The van der Waals surface area contributed by atoms with Crippen LogP contribution in [0.2, 0.25) is 0 Å². The fourth-order valence-corrected chi connectivity index (χ4v) is 5.39. The number of hydrogen-bond acceptors (Lipinski definition) is 4. The minimum Gasteiger partial charge on any atom is -0.392 e. The summed E-state index contributed by atoms with van der Waals surface area (Å²) in [5.74, 6) is 0.544. The lowest BCUT2D eigenvalue weighted by Crippen LogP contribution is -2.38. The number of fused-ring (bicyclic) bond motifs is 2. The number of aliphatic hydroxyl groups is 2. The van der Waals surface area contributed by atoms with Gasteiger partial charge in [0.05, 0.1) is 12.7 Å². The van der Waals surface area contributed by atoms with Gasteiger partial charge in [-0.05, 0) is 48.2 Å². The van der Waals surface area contributed by atoms with E-state index in [0.717, 1.165) is 23.1 Å². The Morgan fingerprint density at radius 3 is 2.68 bits per heavy atom. The van der Waals surface area contributed by atoms with Gasteiger partial charge in [-0.15, -0.1) is 0 Å². The predicted molar refractivity (Wildman–Crippen MR) is 97.0 cm³/mol. The molecule has 4 nitrogen and oxygen atoms in total. The average molecular weight is 348 g/mol. The fourth-order valence-electron chi connectivity index (χ4n) is 5.39. The summed E-state index contributed by atoms with van der Waals surface area (Å²) in [5, 5.41) is 22.1. The van der Waals surface area contributed by atoms with E-state index in [1.54, 1.807) is 7.11 Å². The highest BCUT2D eigenvalue weighted by Crippen LogP contribution is 2.54. The molecule has 0 amide bonds. The Balaban J connectivity index is 2.18. The summed E-state index contributed by atoms with van der Waals surface area (Å²) in [4.78, 5) is 12.7. The molecule has 0 heterocycles. The number of methoxy groups -OCH3 is 1. The lowest BCUT2D eigenvalue weighted by molar-refractivity contribution is -0.116. The molecule has 1 unspecified atom stereocenters. The van der Waals surface area contributed by atoms with Crippen LogP contribution < -0.4 is 0 Å². The number of ether oxygens (including phenoxy) is 1. The van der Waals surface area contributed by atoms with Crippen molar-refractivity contribution in [1.82, 2.24) is 0 Å². The number of aliphatic hydroxyl groups excluding tert-OH is 1. The van der Waals surface area contributed by atoms with Gasteiger partial charge in [0, 0.05) is 18.9 Å². The Morgan fingerprint density at radius 1 is 1.40 bits per heavy atom. The van der Waals surface area contributed by atoms with Gasteiger partial charge in [0.25, 0.3) is 0 Å². The smallest absolute Gasteiger partial charge is 0.160 e. The van der Waals surface area contributed by atoms with Gasteiger partial charge < -0.3 is 14.9 Å². The van der Waals surface area contributed by atoms with Crippen molar-refractivity contribution in [2.45, 2.75) is 65.1 Å². The number of Topliss-reactive ketones (excluding diaryl/α,β-unsaturated/α-hetero) is 1. The van der Waals surface area contributed by atoms with E-state index >= 15 is 0 Å². The summed E-state index contributed by atoms with van der Waals surface area (Å²) in [6.07, 6.45) is 4.16. The van der Waals surface area contributed by atoms with Crippen molar-refractivity contribution in [3.8, 4) is 0 Å². The van der Waals surface area contributed by atoms with Crippen molar-refractivity contribution in [3.05, 3.63) is 22.8 Å². The first kappa shape index (κ1) is 18.8. The number of carbonyl (C=O) groups is 1. The Morgan fingerprint density at radius 2 is 2.08 bits per heavy atom. The molecule has 5 atom stereocenters. The molecule has 140 valence electrons. The molecule has 0 aliphatic heterocycles. The van der Waals surface area contributed by atoms with Crippen molar-refractivity contribution < 1.29 is 19.7 Å². The molecule has 0 aromatic heterocycles. The third-order valence-corrected chi connectivity index (χ3v) is 6.74. The Labute approximate surface area is 151 Å². The van der Waals surface area contributed by atoms with Gasteiger partial charge in [-0.3, -0.25) is 4.79 Å². The standard InChI is InChI=1S/C21H32O4/c1-12(2)19-15-8-17(22)13(3)14-6-7-21(24,11-25-5)16(14)9-20(15,4)10-18(19)23/h9,12-14,17,22,24H,6-8,10-11H2,1-5H3/b16-9+/t13-,14?,17+,20+,21+/m1/s1. The molecule has 0 spiro atoms. The van der Waals surface area contributed by atoms with Gasteiger partial charge in [-0.1, -0.05) is 39.3 Å².